The van der Waals surface area contributed by atoms with E-state index in [-0.39, 0.29) is 18.0 Å². The zero-order chi connectivity index (χ0) is 17.0. The molecular formula is C16H22ClN3O3. The first kappa shape index (κ1) is 17.4. The molecule has 1 heterocycles. The van der Waals surface area contributed by atoms with Crippen LogP contribution in [0.3, 0.4) is 0 Å². The zero-order valence-electron chi connectivity index (χ0n) is 13.6. The Balaban J connectivity index is 1.95. The Labute approximate surface area is 141 Å². The van der Waals surface area contributed by atoms with Gasteiger partial charge in [0.25, 0.3) is 5.91 Å². The maximum absolute atomic E-state index is 12.4. The summed E-state index contributed by atoms with van der Waals surface area (Å²) in [4.78, 5) is 27.7. The molecule has 1 aromatic carbocycles. The van der Waals surface area contributed by atoms with Crippen LogP contribution in [0.4, 0.5) is 4.79 Å². The van der Waals surface area contributed by atoms with Crippen LogP contribution in [-0.4, -0.2) is 62.1 Å². The number of ether oxygens (including phenoxy) is 1. The van der Waals surface area contributed by atoms with E-state index in [4.69, 9.17) is 16.3 Å². The van der Waals surface area contributed by atoms with Crippen LogP contribution >= 0.6 is 11.6 Å². The van der Waals surface area contributed by atoms with Crippen molar-refractivity contribution < 1.29 is 14.3 Å². The highest BCUT2D eigenvalue weighted by molar-refractivity contribution is 6.31. The third-order valence-electron chi connectivity index (χ3n) is 3.89. The van der Waals surface area contributed by atoms with Gasteiger partial charge >= 0.3 is 6.03 Å². The number of amides is 3. The number of piperidine rings is 1. The number of benzene rings is 1. The van der Waals surface area contributed by atoms with Crippen LogP contribution in [0.15, 0.2) is 18.2 Å². The molecule has 0 atom stereocenters. The number of methoxy groups -OCH3 is 1. The Morgan fingerprint density at radius 3 is 2.52 bits per heavy atom. The number of halogens is 1. The van der Waals surface area contributed by atoms with Gasteiger partial charge < -0.3 is 19.9 Å². The van der Waals surface area contributed by atoms with E-state index in [1.54, 1.807) is 42.1 Å². The highest BCUT2D eigenvalue weighted by Crippen LogP contribution is 2.23. The minimum absolute atomic E-state index is 0.00582. The fraction of sp³-hybridized carbons (Fsp3) is 0.500. The summed E-state index contributed by atoms with van der Waals surface area (Å²) in [6.45, 7) is 1.27. The Kier molecular flexibility index (Phi) is 5.71. The fourth-order valence-corrected chi connectivity index (χ4v) is 2.79. The number of nitrogens with zero attached hydrogens (tertiary/aromatic N) is 2. The van der Waals surface area contributed by atoms with Crippen molar-refractivity contribution in [3.63, 3.8) is 0 Å². The third kappa shape index (κ3) is 4.28. The molecule has 1 aliphatic heterocycles. The molecule has 1 N–H and O–H groups in total. The molecule has 0 saturated carbocycles. The Morgan fingerprint density at radius 1 is 1.30 bits per heavy atom. The van der Waals surface area contributed by atoms with Gasteiger partial charge in [0.2, 0.25) is 0 Å². The molecule has 0 spiro atoms. The summed E-state index contributed by atoms with van der Waals surface area (Å²) in [5, 5.41) is 3.48. The van der Waals surface area contributed by atoms with E-state index in [1.165, 1.54) is 7.11 Å². The lowest BCUT2D eigenvalue weighted by atomic mass is 10.0. The van der Waals surface area contributed by atoms with Gasteiger partial charge in [-0.05, 0) is 31.0 Å². The van der Waals surface area contributed by atoms with Gasteiger partial charge in [0.15, 0.2) is 0 Å². The maximum atomic E-state index is 12.4. The number of hydrogen-bond donors (Lipinski definition) is 1. The van der Waals surface area contributed by atoms with E-state index >= 15 is 0 Å². The third-order valence-corrected chi connectivity index (χ3v) is 4.12. The number of urea groups is 1. The van der Waals surface area contributed by atoms with Crippen molar-refractivity contribution in [2.75, 3.05) is 34.3 Å². The summed E-state index contributed by atoms with van der Waals surface area (Å²) >= 11 is 5.96. The van der Waals surface area contributed by atoms with Gasteiger partial charge in [-0.15, -0.1) is 0 Å². The number of rotatable bonds is 3. The van der Waals surface area contributed by atoms with Crippen molar-refractivity contribution in [3.05, 3.63) is 28.8 Å². The number of hydrogen-bond acceptors (Lipinski definition) is 3. The van der Waals surface area contributed by atoms with Crippen molar-refractivity contribution >= 4 is 23.5 Å². The normalized spacial score (nSPS) is 15.2. The Morgan fingerprint density at radius 2 is 1.96 bits per heavy atom. The second-order valence-electron chi connectivity index (χ2n) is 5.76. The van der Waals surface area contributed by atoms with Gasteiger partial charge in [-0.2, -0.15) is 0 Å². The molecule has 0 bridgehead atoms. The van der Waals surface area contributed by atoms with Gasteiger partial charge in [-0.25, -0.2) is 4.79 Å². The highest BCUT2D eigenvalue weighted by atomic mass is 35.5. The molecule has 0 aromatic heterocycles. The molecule has 0 aliphatic carbocycles. The standard InChI is InChI=1S/C16H22ClN3O3/c1-19(2)16(22)20-8-6-12(7-9-20)18-15(21)13-10-11(17)4-5-14(13)23-3/h4-5,10,12H,6-9H2,1-3H3,(H,18,21). The molecule has 2 rings (SSSR count). The van der Waals surface area contributed by atoms with Crippen molar-refractivity contribution in [1.29, 1.82) is 0 Å². The summed E-state index contributed by atoms with van der Waals surface area (Å²) < 4.78 is 5.21. The molecule has 0 radical (unpaired) electrons. The molecule has 1 fully saturated rings. The van der Waals surface area contributed by atoms with E-state index in [2.05, 4.69) is 5.32 Å². The van der Waals surface area contributed by atoms with Crippen LogP contribution in [0.25, 0.3) is 0 Å². The second-order valence-corrected chi connectivity index (χ2v) is 6.19. The molecule has 3 amide bonds. The SMILES string of the molecule is COc1ccc(Cl)cc1C(=O)NC1CCN(C(=O)N(C)C)CC1. The summed E-state index contributed by atoms with van der Waals surface area (Å²) in [5.74, 6) is 0.286. The lowest BCUT2D eigenvalue weighted by Gasteiger charge is -2.34. The Hall–Kier alpha value is -1.95. The molecular weight excluding hydrogens is 318 g/mol. The van der Waals surface area contributed by atoms with E-state index in [1.807, 2.05) is 0 Å². The maximum Gasteiger partial charge on any atom is 0.319 e. The topological polar surface area (TPSA) is 61.9 Å². The van der Waals surface area contributed by atoms with Crippen LogP contribution < -0.4 is 10.1 Å². The minimum Gasteiger partial charge on any atom is -0.496 e. The number of carbonyl (C=O) groups excluding carboxylic acids is 2. The molecule has 7 heteroatoms. The predicted molar refractivity (Wildman–Crippen MR) is 89.1 cm³/mol. The first-order valence-electron chi connectivity index (χ1n) is 7.53. The molecule has 1 aromatic rings. The summed E-state index contributed by atoms with van der Waals surface area (Å²) in [6, 6.07) is 5.00. The van der Waals surface area contributed by atoms with Crippen molar-refractivity contribution in [1.82, 2.24) is 15.1 Å². The van der Waals surface area contributed by atoms with E-state index in [0.717, 1.165) is 12.8 Å². The monoisotopic (exact) mass is 339 g/mol. The second kappa shape index (κ2) is 7.55. The average molecular weight is 340 g/mol. The molecule has 23 heavy (non-hydrogen) atoms. The first-order valence-corrected chi connectivity index (χ1v) is 7.90. The summed E-state index contributed by atoms with van der Waals surface area (Å²) in [5.41, 5.74) is 0.423. The summed E-state index contributed by atoms with van der Waals surface area (Å²) in [6.07, 6.45) is 1.46. The quantitative estimate of drug-likeness (QED) is 0.918. The van der Waals surface area contributed by atoms with E-state index < -0.39 is 0 Å². The summed E-state index contributed by atoms with van der Waals surface area (Å²) in [7, 11) is 4.99. The average Bonchev–Trinajstić information content (AvgIpc) is 2.54. The van der Waals surface area contributed by atoms with Crippen LogP contribution in [0.2, 0.25) is 5.02 Å². The van der Waals surface area contributed by atoms with E-state index in [0.29, 0.717) is 29.4 Å². The zero-order valence-corrected chi connectivity index (χ0v) is 14.4. The molecule has 1 saturated heterocycles. The number of carbonyl (C=O) groups is 2. The largest absolute Gasteiger partial charge is 0.496 e. The van der Waals surface area contributed by atoms with E-state index in [9.17, 15) is 9.59 Å². The van der Waals surface area contributed by atoms with Gasteiger partial charge in [-0.1, -0.05) is 11.6 Å². The van der Waals surface area contributed by atoms with Crippen molar-refractivity contribution in [2.45, 2.75) is 18.9 Å². The molecule has 1 aliphatic rings. The highest BCUT2D eigenvalue weighted by Gasteiger charge is 2.25. The molecule has 126 valence electrons. The Bertz CT molecular complexity index is 584. The van der Waals surface area contributed by atoms with Gasteiger partial charge in [-0.3, -0.25) is 4.79 Å². The lowest BCUT2D eigenvalue weighted by Crippen LogP contribution is -2.49. The lowest BCUT2D eigenvalue weighted by molar-refractivity contribution is 0.0911. The number of nitrogens with one attached hydrogen (secondary N) is 1. The van der Waals surface area contributed by atoms with Gasteiger partial charge in [0.05, 0.1) is 12.7 Å². The van der Waals surface area contributed by atoms with Crippen molar-refractivity contribution in [2.24, 2.45) is 0 Å². The van der Waals surface area contributed by atoms with Crippen LogP contribution in [-0.2, 0) is 0 Å². The van der Waals surface area contributed by atoms with Crippen molar-refractivity contribution in [3.8, 4) is 5.75 Å². The van der Waals surface area contributed by atoms with Crippen LogP contribution in [0.1, 0.15) is 23.2 Å². The molecule has 0 unspecified atom stereocenters. The van der Waals surface area contributed by atoms with Crippen LogP contribution in [0, 0.1) is 0 Å². The van der Waals surface area contributed by atoms with Crippen LogP contribution in [0.5, 0.6) is 5.75 Å². The number of likely N-dealkylation sites (tertiary alicyclic amines) is 1. The fourth-order valence-electron chi connectivity index (χ4n) is 2.62. The minimum atomic E-state index is -0.207. The van der Waals surface area contributed by atoms with Gasteiger partial charge in [0, 0.05) is 38.2 Å². The first-order chi connectivity index (χ1) is 10.9. The van der Waals surface area contributed by atoms with Gasteiger partial charge in [0.1, 0.15) is 5.75 Å². The predicted octanol–water partition coefficient (Wildman–Crippen LogP) is 2.22. The smallest absolute Gasteiger partial charge is 0.319 e. The molecule has 6 nitrogen and oxygen atoms in total.